The van der Waals surface area contributed by atoms with Gasteiger partial charge in [0.2, 0.25) is 0 Å². The fraction of sp³-hybridized carbons (Fsp3) is 0.483. The standard InChI is InChI=1S/C29H35N7O2S/c1-17-4-6-24(36(15-17)29(38)28(37)33-23-14-30-12-21-13-31-34-27(21)23)20-5-7-25-22(10-20)32-26(39-25)11-19-8-9-35(3)16-18(19)2/h5,7,10,12-14,17-19,24H,4,6,8-9,11,15-16H2,1-3H3,(H,31,34)(H,33,37)/t17-,18?,19?,24+/m0/s1. The minimum atomic E-state index is -0.665. The third kappa shape index (κ3) is 5.27. The number of nitrogens with zero attached hydrogens (tertiary/aromatic N) is 5. The number of H-pyrrole nitrogens is 1. The SMILES string of the molecule is CC1CN(C)CCC1Cc1nc2cc([C@H]3CC[C@H](C)CN3C(=O)C(=O)Nc3cncc4cn[nH]c34)ccc2s1. The number of carbonyl (C=O) groups excluding carboxylic acids is 2. The second kappa shape index (κ2) is 10.7. The van der Waals surface area contributed by atoms with Gasteiger partial charge in [-0.05, 0) is 68.3 Å². The van der Waals surface area contributed by atoms with E-state index in [-0.39, 0.29) is 6.04 Å². The number of aromatic nitrogens is 4. The number of carbonyl (C=O) groups is 2. The second-order valence-corrected chi connectivity index (χ2v) is 12.6. The molecule has 204 valence electrons. The van der Waals surface area contributed by atoms with Crippen LogP contribution in [0.1, 0.15) is 49.7 Å². The summed E-state index contributed by atoms with van der Waals surface area (Å²) in [7, 11) is 2.20. The molecule has 6 rings (SSSR count). The van der Waals surface area contributed by atoms with Gasteiger partial charge in [-0.2, -0.15) is 5.10 Å². The second-order valence-electron chi connectivity index (χ2n) is 11.5. The van der Waals surface area contributed by atoms with Crippen LogP contribution in [0.25, 0.3) is 21.1 Å². The van der Waals surface area contributed by atoms with Gasteiger partial charge in [-0.15, -0.1) is 11.3 Å². The zero-order chi connectivity index (χ0) is 27.1. The number of pyridine rings is 1. The molecule has 4 aromatic rings. The first kappa shape index (κ1) is 25.9. The van der Waals surface area contributed by atoms with E-state index in [0.29, 0.717) is 35.5 Å². The average Bonchev–Trinajstić information content (AvgIpc) is 3.56. The number of rotatable bonds is 4. The average molecular weight is 546 g/mol. The van der Waals surface area contributed by atoms with Gasteiger partial charge in [0.1, 0.15) is 0 Å². The minimum absolute atomic E-state index is 0.163. The Hall–Kier alpha value is -3.37. The van der Waals surface area contributed by atoms with Crippen LogP contribution in [0, 0.1) is 17.8 Å². The molecule has 9 nitrogen and oxygen atoms in total. The van der Waals surface area contributed by atoms with Gasteiger partial charge >= 0.3 is 11.8 Å². The van der Waals surface area contributed by atoms with Gasteiger partial charge in [-0.1, -0.05) is 19.9 Å². The first-order valence-corrected chi connectivity index (χ1v) is 14.6. The van der Waals surface area contributed by atoms with E-state index in [1.165, 1.54) is 22.3 Å². The molecule has 2 N–H and O–H groups in total. The molecule has 3 aromatic heterocycles. The third-order valence-electron chi connectivity index (χ3n) is 8.44. The summed E-state index contributed by atoms with van der Waals surface area (Å²) < 4.78 is 1.18. The van der Waals surface area contributed by atoms with Crippen LogP contribution >= 0.6 is 11.3 Å². The summed E-state index contributed by atoms with van der Waals surface area (Å²) in [6.07, 6.45) is 8.87. The van der Waals surface area contributed by atoms with Crippen molar-refractivity contribution in [1.29, 1.82) is 0 Å². The number of hydrogen-bond acceptors (Lipinski definition) is 7. The number of likely N-dealkylation sites (tertiary alicyclic amines) is 2. The molecule has 2 unspecified atom stereocenters. The lowest BCUT2D eigenvalue weighted by Gasteiger charge is -2.38. The molecule has 0 radical (unpaired) electrons. The molecule has 2 saturated heterocycles. The Morgan fingerprint density at radius 3 is 2.85 bits per heavy atom. The number of nitrogens with one attached hydrogen (secondary N) is 2. The van der Waals surface area contributed by atoms with Crippen LogP contribution in [-0.4, -0.2) is 68.5 Å². The molecule has 39 heavy (non-hydrogen) atoms. The first-order chi connectivity index (χ1) is 18.9. The number of aromatic amines is 1. The van der Waals surface area contributed by atoms with E-state index in [9.17, 15) is 9.59 Å². The van der Waals surface area contributed by atoms with E-state index in [2.05, 4.69) is 64.5 Å². The maximum absolute atomic E-state index is 13.5. The lowest BCUT2D eigenvalue weighted by molar-refractivity contribution is -0.146. The Labute approximate surface area is 232 Å². The molecule has 0 bridgehead atoms. The minimum Gasteiger partial charge on any atom is -0.327 e. The van der Waals surface area contributed by atoms with E-state index in [0.717, 1.165) is 48.8 Å². The largest absolute Gasteiger partial charge is 0.327 e. The monoisotopic (exact) mass is 545 g/mol. The fourth-order valence-electron chi connectivity index (χ4n) is 6.21. The lowest BCUT2D eigenvalue weighted by atomic mass is 9.85. The molecule has 1 aromatic carbocycles. The van der Waals surface area contributed by atoms with Crippen LogP contribution in [0.3, 0.4) is 0 Å². The van der Waals surface area contributed by atoms with Crippen molar-refractivity contribution >= 4 is 50.0 Å². The molecule has 10 heteroatoms. The number of benzene rings is 1. The van der Waals surface area contributed by atoms with Crippen LogP contribution in [0.2, 0.25) is 0 Å². The number of fused-ring (bicyclic) bond motifs is 2. The lowest BCUT2D eigenvalue weighted by Crippen LogP contribution is -2.46. The maximum atomic E-state index is 13.5. The highest BCUT2D eigenvalue weighted by Crippen LogP contribution is 2.36. The Morgan fingerprint density at radius 2 is 2.00 bits per heavy atom. The van der Waals surface area contributed by atoms with Crippen molar-refractivity contribution in [3.8, 4) is 0 Å². The van der Waals surface area contributed by atoms with Crippen molar-refractivity contribution in [2.75, 3.05) is 32.0 Å². The first-order valence-electron chi connectivity index (χ1n) is 13.8. The summed E-state index contributed by atoms with van der Waals surface area (Å²) >= 11 is 1.78. The quantitative estimate of drug-likeness (QED) is 0.362. The summed E-state index contributed by atoms with van der Waals surface area (Å²) in [5.41, 5.74) is 3.12. The Morgan fingerprint density at radius 1 is 1.13 bits per heavy atom. The molecule has 2 aliphatic heterocycles. The van der Waals surface area contributed by atoms with Crippen molar-refractivity contribution in [3.63, 3.8) is 0 Å². The molecule has 2 fully saturated rings. The van der Waals surface area contributed by atoms with Crippen LogP contribution in [0.4, 0.5) is 5.69 Å². The third-order valence-corrected chi connectivity index (χ3v) is 9.50. The van der Waals surface area contributed by atoms with Crippen LogP contribution < -0.4 is 5.32 Å². The van der Waals surface area contributed by atoms with Crippen molar-refractivity contribution in [3.05, 3.63) is 47.4 Å². The van der Waals surface area contributed by atoms with Gasteiger partial charge in [0.05, 0.1) is 44.9 Å². The normalized spacial score (nSPS) is 24.3. The maximum Gasteiger partial charge on any atom is 0.314 e. The van der Waals surface area contributed by atoms with E-state index in [1.807, 2.05) is 0 Å². The molecule has 0 spiro atoms. The topological polar surface area (TPSA) is 107 Å². The molecular weight excluding hydrogens is 510 g/mol. The molecule has 5 heterocycles. The van der Waals surface area contributed by atoms with Gasteiger partial charge in [-0.25, -0.2) is 4.98 Å². The number of hydrogen-bond donors (Lipinski definition) is 2. The summed E-state index contributed by atoms with van der Waals surface area (Å²) in [5, 5.41) is 11.6. The van der Waals surface area contributed by atoms with Gasteiger partial charge in [-0.3, -0.25) is 19.7 Å². The number of thiazole rings is 1. The van der Waals surface area contributed by atoms with E-state index < -0.39 is 11.8 Å². The Bertz CT molecular complexity index is 1510. The number of anilines is 1. The summed E-state index contributed by atoms with van der Waals surface area (Å²) in [6.45, 7) is 7.31. The van der Waals surface area contributed by atoms with Crippen LogP contribution in [0.5, 0.6) is 0 Å². The molecular formula is C29H35N7O2S. The molecule has 0 aliphatic carbocycles. The molecule has 4 atom stereocenters. The molecule has 0 saturated carbocycles. The van der Waals surface area contributed by atoms with E-state index in [4.69, 9.17) is 4.98 Å². The summed E-state index contributed by atoms with van der Waals surface area (Å²) in [5.74, 6) is 0.454. The smallest absolute Gasteiger partial charge is 0.314 e. The van der Waals surface area contributed by atoms with E-state index in [1.54, 1.807) is 28.6 Å². The summed E-state index contributed by atoms with van der Waals surface area (Å²) in [4.78, 5) is 40.0. The Kier molecular flexibility index (Phi) is 7.07. The van der Waals surface area contributed by atoms with E-state index >= 15 is 0 Å². The van der Waals surface area contributed by atoms with Gasteiger partial charge in [0.15, 0.2) is 0 Å². The highest BCUT2D eigenvalue weighted by atomic mass is 32.1. The zero-order valence-corrected chi connectivity index (χ0v) is 23.5. The summed E-state index contributed by atoms with van der Waals surface area (Å²) in [6, 6.07) is 6.21. The van der Waals surface area contributed by atoms with Gasteiger partial charge < -0.3 is 15.1 Å². The predicted molar refractivity (Wildman–Crippen MR) is 153 cm³/mol. The molecule has 2 amide bonds. The highest BCUT2D eigenvalue weighted by molar-refractivity contribution is 7.18. The predicted octanol–water partition coefficient (Wildman–Crippen LogP) is 4.64. The van der Waals surface area contributed by atoms with Gasteiger partial charge in [0, 0.05) is 31.1 Å². The number of piperidine rings is 2. The van der Waals surface area contributed by atoms with Crippen LogP contribution in [-0.2, 0) is 16.0 Å². The van der Waals surface area contributed by atoms with Crippen molar-refractivity contribution in [1.82, 2.24) is 30.0 Å². The van der Waals surface area contributed by atoms with Crippen molar-refractivity contribution in [2.45, 2.75) is 45.6 Å². The van der Waals surface area contributed by atoms with Crippen molar-refractivity contribution in [2.24, 2.45) is 17.8 Å². The van der Waals surface area contributed by atoms with Crippen molar-refractivity contribution < 1.29 is 9.59 Å². The molecule has 2 aliphatic rings. The fourth-order valence-corrected chi connectivity index (χ4v) is 7.25. The van der Waals surface area contributed by atoms with Crippen LogP contribution in [0.15, 0.2) is 36.8 Å². The zero-order valence-electron chi connectivity index (χ0n) is 22.7. The number of amides is 2. The van der Waals surface area contributed by atoms with Gasteiger partial charge in [0.25, 0.3) is 0 Å². The Balaban J connectivity index is 1.21. The highest BCUT2D eigenvalue weighted by Gasteiger charge is 2.35.